The largest absolute Gasteiger partial charge is 0.467 e. The molecular formula is C14H18ClNO3S. The summed E-state index contributed by atoms with van der Waals surface area (Å²) >= 11 is 7.44. The van der Waals surface area contributed by atoms with Gasteiger partial charge in [-0.3, -0.25) is 0 Å². The number of aliphatic hydroxyl groups is 1. The molecule has 0 radical (unpaired) electrons. The van der Waals surface area contributed by atoms with Crippen LogP contribution in [0.4, 0.5) is 0 Å². The van der Waals surface area contributed by atoms with Crippen LogP contribution in [-0.4, -0.2) is 30.9 Å². The molecule has 1 atom stereocenters. The molecule has 2 N–H and O–H groups in total. The van der Waals surface area contributed by atoms with Crippen molar-refractivity contribution in [3.63, 3.8) is 0 Å². The third-order valence-corrected chi connectivity index (χ3v) is 3.98. The lowest BCUT2D eigenvalue weighted by molar-refractivity contribution is 0.0228. The number of halogens is 1. The fraction of sp³-hybridized carbons (Fsp3) is 0.429. The standard InChI is InChI=1S/C14H18ClNO3S/c15-14-4-3-13(20-14)5-6-16-8-11(17)9-18-10-12-2-1-7-19-12/h1-4,7,11,16-17H,5-6,8-10H2. The average molecular weight is 316 g/mol. The van der Waals surface area contributed by atoms with E-state index in [0.29, 0.717) is 19.8 Å². The zero-order valence-corrected chi connectivity index (χ0v) is 12.6. The molecule has 2 heterocycles. The minimum Gasteiger partial charge on any atom is -0.467 e. The Labute approximate surface area is 127 Å². The molecule has 0 aliphatic carbocycles. The van der Waals surface area contributed by atoms with E-state index in [1.165, 1.54) is 4.88 Å². The molecule has 20 heavy (non-hydrogen) atoms. The maximum Gasteiger partial charge on any atom is 0.129 e. The van der Waals surface area contributed by atoms with Gasteiger partial charge in [0.1, 0.15) is 12.4 Å². The number of aliphatic hydroxyl groups excluding tert-OH is 1. The molecule has 4 nitrogen and oxygen atoms in total. The molecule has 110 valence electrons. The molecular weight excluding hydrogens is 298 g/mol. The van der Waals surface area contributed by atoms with Crippen molar-refractivity contribution < 1.29 is 14.3 Å². The molecule has 2 aromatic heterocycles. The highest BCUT2D eigenvalue weighted by Gasteiger charge is 2.05. The third-order valence-electron chi connectivity index (χ3n) is 2.69. The van der Waals surface area contributed by atoms with Crippen LogP contribution in [0.2, 0.25) is 4.34 Å². The van der Waals surface area contributed by atoms with Gasteiger partial charge in [0.2, 0.25) is 0 Å². The summed E-state index contributed by atoms with van der Waals surface area (Å²) in [5.74, 6) is 0.764. The molecule has 0 aromatic carbocycles. The topological polar surface area (TPSA) is 54.6 Å². The molecule has 0 saturated heterocycles. The Morgan fingerprint density at radius 2 is 2.30 bits per heavy atom. The lowest BCUT2D eigenvalue weighted by Crippen LogP contribution is -2.31. The van der Waals surface area contributed by atoms with Gasteiger partial charge in [-0.05, 0) is 30.7 Å². The van der Waals surface area contributed by atoms with E-state index < -0.39 is 6.10 Å². The van der Waals surface area contributed by atoms with Crippen molar-refractivity contribution in [2.75, 3.05) is 19.7 Å². The molecule has 0 aliphatic rings. The number of furan rings is 1. The van der Waals surface area contributed by atoms with Crippen LogP contribution in [0.25, 0.3) is 0 Å². The molecule has 6 heteroatoms. The molecule has 2 aromatic rings. The quantitative estimate of drug-likeness (QED) is 0.699. The Kier molecular flexibility index (Phi) is 6.56. The maximum atomic E-state index is 9.74. The van der Waals surface area contributed by atoms with Crippen LogP contribution in [0.3, 0.4) is 0 Å². The van der Waals surface area contributed by atoms with Gasteiger partial charge in [0.15, 0.2) is 0 Å². The minimum atomic E-state index is -0.517. The Morgan fingerprint density at radius 3 is 3.00 bits per heavy atom. The van der Waals surface area contributed by atoms with Gasteiger partial charge in [-0.25, -0.2) is 0 Å². The Morgan fingerprint density at radius 1 is 1.40 bits per heavy atom. The molecule has 0 saturated carbocycles. The van der Waals surface area contributed by atoms with Gasteiger partial charge in [0.05, 0.1) is 23.3 Å². The summed E-state index contributed by atoms with van der Waals surface area (Å²) in [7, 11) is 0. The van der Waals surface area contributed by atoms with Crippen LogP contribution < -0.4 is 5.32 Å². The normalized spacial score (nSPS) is 12.7. The SMILES string of the molecule is OC(CNCCc1ccc(Cl)s1)COCc1ccco1. The summed E-state index contributed by atoms with van der Waals surface area (Å²) in [4.78, 5) is 1.24. The summed E-state index contributed by atoms with van der Waals surface area (Å²) in [6.45, 7) is 2.00. The first-order valence-electron chi connectivity index (χ1n) is 6.47. The summed E-state index contributed by atoms with van der Waals surface area (Å²) in [6.07, 6.45) is 2.00. The zero-order chi connectivity index (χ0) is 14.2. The third kappa shape index (κ3) is 5.64. The number of rotatable bonds is 9. The molecule has 2 rings (SSSR count). The number of nitrogens with one attached hydrogen (secondary N) is 1. The second-order valence-corrected chi connectivity index (χ2v) is 6.21. The molecule has 0 aliphatic heterocycles. The van der Waals surface area contributed by atoms with Crippen molar-refractivity contribution in [2.24, 2.45) is 0 Å². The second-order valence-electron chi connectivity index (χ2n) is 4.41. The highest BCUT2D eigenvalue weighted by atomic mass is 35.5. The van der Waals surface area contributed by atoms with Crippen LogP contribution in [0.1, 0.15) is 10.6 Å². The Balaban J connectivity index is 1.50. The van der Waals surface area contributed by atoms with E-state index in [1.807, 2.05) is 24.3 Å². The number of ether oxygens (including phenoxy) is 1. The average Bonchev–Trinajstić information content (AvgIpc) is 3.06. The molecule has 0 fully saturated rings. The maximum absolute atomic E-state index is 9.74. The first-order chi connectivity index (χ1) is 9.74. The van der Waals surface area contributed by atoms with Gasteiger partial charge >= 0.3 is 0 Å². The van der Waals surface area contributed by atoms with Crippen LogP contribution >= 0.6 is 22.9 Å². The van der Waals surface area contributed by atoms with Crippen molar-refractivity contribution in [3.05, 3.63) is 45.5 Å². The molecule has 0 spiro atoms. The number of hydrogen-bond donors (Lipinski definition) is 2. The van der Waals surface area contributed by atoms with E-state index in [1.54, 1.807) is 17.6 Å². The van der Waals surface area contributed by atoms with Crippen molar-refractivity contribution >= 4 is 22.9 Å². The fourth-order valence-electron chi connectivity index (χ4n) is 1.72. The molecule has 0 amide bonds. The van der Waals surface area contributed by atoms with Gasteiger partial charge < -0.3 is 19.6 Å². The number of hydrogen-bond acceptors (Lipinski definition) is 5. The van der Waals surface area contributed by atoms with Crippen LogP contribution in [-0.2, 0) is 17.8 Å². The summed E-state index contributed by atoms with van der Waals surface area (Å²) in [5.41, 5.74) is 0. The van der Waals surface area contributed by atoms with Crippen LogP contribution in [0.5, 0.6) is 0 Å². The van der Waals surface area contributed by atoms with E-state index in [-0.39, 0.29) is 0 Å². The fourth-order valence-corrected chi connectivity index (χ4v) is 2.80. The van der Waals surface area contributed by atoms with Crippen LogP contribution in [0.15, 0.2) is 34.9 Å². The van der Waals surface area contributed by atoms with E-state index in [9.17, 15) is 5.11 Å². The molecule has 0 bridgehead atoms. The van der Waals surface area contributed by atoms with Gasteiger partial charge in [0, 0.05) is 18.0 Å². The zero-order valence-electron chi connectivity index (χ0n) is 11.0. The van der Waals surface area contributed by atoms with Crippen molar-refractivity contribution in [1.29, 1.82) is 0 Å². The highest BCUT2D eigenvalue weighted by Crippen LogP contribution is 2.21. The van der Waals surface area contributed by atoms with Crippen molar-refractivity contribution in [1.82, 2.24) is 5.32 Å². The summed E-state index contributed by atoms with van der Waals surface area (Å²) in [5, 5.41) is 12.9. The number of thiophene rings is 1. The first kappa shape index (κ1) is 15.5. The second kappa shape index (κ2) is 8.44. The van der Waals surface area contributed by atoms with Gasteiger partial charge in [-0.1, -0.05) is 11.6 Å². The van der Waals surface area contributed by atoms with E-state index >= 15 is 0 Å². The Bertz CT molecular complexity index is 486. The monoisotopic (exact) mass is 315 g/mol. The smallest absolute Gasteiger partial charge is 0.129 e. The predicted molar refractivity (Wildman–Crippen MR) is 80.3 cm³/mol. The Hall–Kier alpha value is -0.850. The van der Waals surface area contributed by atoms with E-state index in [2.05, 4.69) is 5.32 Å². The van der Waals surface area contributed by atoms with Crippen molar-refractivity contribution in [2.45, 2.75) is 19.1 Å². The van der Waals surface area contributed by atoms with Gasteiger partial charge in [-0.15, -0.1) is 11.3 Å². The van der Waals surface area contributed by atoms with Gasteiger partial charge in [-0.2, -0.15) is 0 Å². The van der Waals surface area contributed by atoms with Gasteiger partial charge in [0.25, 0.3) is 0 Å². The first-order valence-corrected chi connectivity index (χ1v) is 7.66. The van der Waals surface area contributed by atoms with E-state index in [4.69, 9.17) is 20.8 Å². The lowest BCUT2D eigenvalue weighted by Gasteiger charge is -2.11. The summed E-state index contributed by atoms with van der Waals surface area (Å²) < 4.78 is 11.3. The van der Waals surface area contributed by atoms with E-state index in [0.717, 1.165) is 23.1 Å². The predicted octanol–water partition coefficient (Wildman–Crippen LogP) is 2.70. The minimum absolute atomic E-state index is 0.290. The molecule has 1 unspecified atom stereocenters. The summed E-state index contributed by atoms with van der Waals surface area (Å²) in [6, 6.07) is 7.58. The van der Waals surface area contributed by atoms with Crippen molar-refractivity contribution in [3.8, 4) is 0 Å². The van der Waals surface area contributed by atoms with Crippen LogP contribution in [0, 0.1) is 0 Å². The lowest BCUT2D eigenvalue weighted by atomic mass is 10.3. The highest BCUT2D eigenvalue weighted by molar-refractivity contribution is 7.16.